The lowest BCUT2D eigenvalue weighted by atomic mass is 10.0. The number of ether oxygens (including phenoxy) is 1. The molecule has 0 radical (unpaired) electrons. The van der Waals surface area contributed by atoms with Gasteiger partial charge in [0, 0.05) is 18.0 Å². The van der Waals surface area contributed by atoms with E-state index in [1.165, 1.54) is 12.1 Å². The van der Waals surface area contributed by atoms with E-state index in [1.54, 1.807) is 12.5 Å². The third-order valence-corrected chi connectivity index (χ3v) is 9.51. The normalized spacial score (nSPS) is 17.3. The molecule has 3 heterocycles. The van der Waals surface area contributed by atoms with Gasteiger partial charge in [0.1, 0.15) is 38.2 Å². The van der Waals surface area contributed by atoms with E-state index in [-0.39, 0.29) is 5.65 Å². The standard InChI is InChI=1S/C23H22F3N3O2P/c24-23(25,26)20-4-1-17(2-5-20)18-3-6-21-19(13-18)14-29(9-10-31-21)22(30)32(11-12-32)16-28-8-7-27-15-28/h1-8,13,15H,9-12,14,16H2/q+1. The number of fused-ring (bicyclic) bond motifs is 1. The van der Waals surface area contributed by atoms with Crippen molar-refractivity contribution in [2.45, 2.75) is 19.0 Å². The van der Waals surface area contributed by atoms with E-state index in [9.17, 15) is 18.0 Å². The maximum Gasteiger partial charge on any atom is 0.416 e. The van der Waals surface area contributed by atoms with Crippen molar-refractivity contribution in [3.8, 4) is 16.9 Å². The van der Waals surface area contributed by atoms with Crippen LogP contribution in [-0.4, -0.2) is 45.6 Å². The molecule has 0 spiro atoms. The van der Waals surface area contributed by atoms with E-state index in [0.29, 0.717) is 31.0 Å². The van der Waals surface area contributed by atoms with Gasteiger partial charge in [-0.3, -0.25) is 0 Å². The van der Waals surface area contributed by atoms with Crippen LogP contribution >= 0.6 is 7.26 Å². The number of imidazole rings is 1. The number of halogens is 3. The van der Waals surface area contributed by atoms with Gasteiger partial charge in [-0.15, -0.1) is 0 Å². The highest BCUT2D eigenvalue weighted by Crippen LogP contribution is 2.74. The van der Waals surface area contributed by atoms with Gasteiger partial charge in [-0.25, -0.2) is 9.78 Å². The second kappa shape index (κ2) is 7.93. The van der Waals surface area contributed by atoms with E-state index in [2.05, 4.69) is 4.98 Å². The first kappa shape index (κ1) is 21.0. The molecule has 0 N–H and O–H groups in total. The number of alkyl halides is 3. The Morgan fingerprint density at radius 1 is 1.09 bits per heavy atom. The van der Waals surface area contributed by atoms with E-state index in [1.807, 2.05) is 33.9 Å². The maximum atomic E-state index is 13.4. The summed E-state index contributed by atoms with van der Waals surface area (Å²) in [4.78, 5) is 19.4. The fraction of sp³-hybridized carbons (Fsp3) is 0.304. The minimum Gasteiger partial charge on any atom is -0.491 e. The fourth-order valence-corrected chi connectivity index (χ4v) is 7.40. The van der Waals surface area contributed by atoms with Crippen LogP contribution in [0.4, 0.5) is 18.0 Å². The van der Waals surface area contributed by atoms with Crippen LogP contribution < -0.4 is 4.74 Å². The smallest absolute Gasteiger partial charge is 0.416 e. The lowest BCUT2D eigenvalue weighted by Crippen LogP contribution is -2.31. The highest BCUT2D eigenvalue weighted by atomic mass is 31.2. The third-order valence-electron chi connectivity index (χ3n) is 6.02. The molecule has 0 saturated carbocycles. The van der Waals surface area contributed by atoms with Crippen LogP contribution in [0, 0.1) is 0 Å². The molecule has 3 aromatic rings. The Kier molecular flexibility index (Phi) is 5.20. The maximum absolute atomic E-state index is 13.4. The summed E-state index contributed by atoms with van der Waals surface area (Å²) in [5.74, 6) is 0.716. The van der Waals surface area contributed by atoms with Crippen molar-refractivity contribution in [3.63, 3.8) is 0 Å². The van der Waals surface area contributed by atoms with Gasteiger partial charge in [-0.1, -0.05) is 18.2 Å². The van der Waals surface area contributed by atoms with Gasteiger partial charge in [0.05, 0.1) is 25.0 Å². The number of hydrogen-bond donors (Lipinski definition) is 0. The largest absolute Gasteiger partial charge is 0.491 e. The summed E-state index contributed by atoms with van der Waals surface area (Å²) < 4.78 is 46.5. The predicted octanol–water partition coefficient (Wildman–Crippen LogP) is 5.57. The van der Waals surface area contributed by atoms with Crippen LogP contribution in [0.2, 0.25) is 0 Å². The molecule has 5 nitrogen and oxygen atoms in total. The van der Waals surface area contributed by atoms with E-state index < -0.39 is 19.0 Å². The Balaban J connectivity index is 1.37. The zero-order valence-electron chi connectivity index (χ0n) is 17.3. The lowest BCUT2D eigenvalue weighted by molar-refractivity contribution is -0.137. The number of hydrogen-bond acceptors (Lipinski definition) is 3. The number of benzene rings is 2. The molecule has 1 saturated heterocycles. The number of carbonyl (C=O) groups is 1. The second-order valence-electron chi connectivity index (χ2n) is 8.26. The molecular formula is C23H22F3N3O2P+. The van der Waals surface area contributed by atoms with Crippen LogP contribution in [0.15, 0.2) is 61.2 Å². The quantitative estimate of drug-likeness (QED) is 0.478. The Morgan fingerprint density at radius 3 is 2.50 bits per heavy atom. The molecule has 1 amide bonds. The molecule has 1 fully saturated rings. The van der Waals surface area contributed by atoms with Crippen LogP contribution in [0.25, 0.3) is 11.1 Å². The van der Waals surface area contributed by atoms with Crippen molar-refractivity contribution in [1.82, 2.24) is 14.5 Å². The SMILES string of the molecule is O=C(N1CCOc2ccc(-c3ccc(C(F)(F)F)cc3)cc2C1)[P+]1(Cn2ccnc2)CC1. The first-order valence-corrected chi connectivity index (χ1v) is 12.7. The molecule has 0 bridgehead atoms. The Bertz CT molecular complexity index is 1130. The molecule has 0 aliphatic carbocycles. The highest BCUT2D eigenvalue weighted by molar-refractivity contribution is 7.96. The first-order valence-electron chi connectivity index (χ1n) is 10.4. The summed E-state index contributed by atoms with van der Waals surface area (Å²) in [5, 5.41) is 0. The Labute approximate surface area is 184 Å². The molecule has 32 heavy (non-hydrogen) atoms. The van der Waals surface area contributed by atoms with Crippen LogP contribution in [0.1, 0.15) is 11.1 Å². The molecule has 0 atom stereocenters. The first-order chi connectivity index (χ1) is 15.3. The van der Waals surface area contributed by atoms with Gasteiger partial charge in [0.15, 0.2) is 0 Å². The summed E-state index contributed by atoms with van der Waals surface area (Å²) >= 11 is 0. The van der Waals surface area contributed by atoms with Crippen LogP contribution in [0.5, 0.6) is 5.75 Å². The van der Waals surface area contributed by atoms with E-state index in [0.717, 1.165) is 41.9 Å². The third kappa shape index (κ3) is 4.11. The van der Waals surface area contributed by atoms with E-state index >= 15 is 0 Å². The average Bonchev–Trinajstić information content (AvgIpc) is 3.44. The molecule has 9 heteroatoms. The summed E-state index contributed by atoms with van der Waals surface area (Å²) in [6.07, 6.45) is 3.65. The zero-order chi connectivity index (χ0) is 22.3. The van der Waals surface area contributed by atoms with Gasteiger partial charge in [0.25, 0.3) is 0 Å². The van der Waals surface area contributed by atoms with Crippen molar-refractivity contribution in [3.05, 3.63) is 72.3 Å². The summed E-state index contributed by atoms with van der Waals surface area (Å²) in [5.41, 5.74) is 1.91. The number of nitrogens with zero attached hydrogens (tertiary/aromatic N) is 3. The van der Waals surface area contributed by atoms with Gasteiger partial charge < -0.3 is 14.2 Å². The molecule has 2 aliphatic rings. The minimum atomic E-state index is -4.36. The molecule has 2 aromatic carbocycles. The second-order valence-corrected chi connectivity index (χ2v) is 12.1. The van der Waals surface area contributed by atoms with E-state index in [4.69, 9.17) is 4.74 Å². The predicted molar refractivity (Wildman–Crippen MR) is 117 cm³/mol. The topological polar surface area (TPSA) is 47.4 Å². The number of rotatable bonds is 4. The summed E-state index contributed by atoms with van der Waals surface area (Å²) in [6, 6.07) is 10.7. The van der Waals surface area contributed by atoms with Crippen LogP contribution in [-0.2, 0) is 19.0 Å². The van der Waals surface area contributed by atoms with Gasteiger partial charge >= 0.3 is 11.8 Å². The zero-order valence-corrected chi connectivity index (χ0v) is 18.1. The van der Waals surface area contributed by atoms with Crippen molar-refractivity contribution in [2.75, 3.05) is 25.5 Å². The number of aromatic nitrogens is 2. The Morgan fingerprint density at radius 2 is 1.84 bits per heavy atom. The Hall–Kier alpha value is -2.86. The molecule has 5 rings (SSSR count). The van der Waals surface area contributed by atoms with Gasteiger partial charge in [-0.2, -0.15) is 13.2 Å². The van der Waals surface area contributed by atoms with Crippen LogP contribution in [0.3, 0.4) is 0 Å². The number of carbonyl (C=O) groups excluding carboxylic acids is 1. The molecule has 1 aromatic heterocycles. The summed E-state index contributed by atoms with van der Waals surface area (Å²) in [6.45, 7) is 1.38. The number of amides is 1. The molecule has 166 valence electrons. The molecule has 2 aliphatic heterocycles. The van der Waals surface area contributed by atoms with Crippen molar-refractivity contribution in [1.29, 1.82) is 0 Å². The monoisotopic (exact) mass is 460 g/mol. The van der Waals surface area contributed by atoms with Crippen molar-refractivity contribution >= 4 is 12.9 Å². The fourth-order valence-electron chi connectivity index (χ4n) is 4.09. The highest BCUT2D eigenvalue weighted by Gasteiger charge is 2.61. The average molecular weight is 460 g/mol. The lowest BCUT2D eigenvalue weighted by Gasteiger charge is -2.21. The summed E-state index contributed by atoms with van der Waals surface area (Å²) in [7, 11) is -1.72. The van der Waals surface area contributed by atoms with Crippen molar-refractivity contribution < 1.29 is 22.7 Å². The molecular weight excluding hydrogens is 438 g/mol. The minimum absolute atomic E-state index is 0.225. The van der Waals surface area contributed by atoms with Gasteiger partial charge in [0.2, 0.25) is 0 Å². The molecule has 0 unspecified atom stereocenters. The van der Waals surface area contributed by atoms with Crippen molar-refractivity contribution in [2.24, 2.45) is 0 Å². The van der Waals surface area contributed by atoms with Gasteiger partial charge in [-0.05, 0) is 35.4 Å².